The van der Waals surface area contributed by atoms with Crippen LogP contribution in [0.25, 0.3) is 0 Å². The van der Waals surface area contributed by atoms with Gasteiger partial charge in [-0.2, -0.15) is 11.8 Å². The first-order valence-electron chi connectivity index (χ1n) is 7.04. The van der Waals surface area contributed by atoms with Crippen LogP contribution in [0.5, 0.6) is 0 Å². The third kappa shape index (κ3) is 8.14. The van der Waals surface area contributed by atoms with Crippen LogP contribution in [0.4, 0.5) is 0 Å². The van der Waals surface area contributed by atoms with Gasteiger partial charge in [0.2, 0.25) is 5.91 Å². The molecule has 0 fully saturated rings. The fourth-order valence-corrected chi connectivity index (χ4v) is 3.76. The Balaban J connectivity index is 2.07. The summed E-state index contributed by atoms with van der Waals surface area (Å²) in [4.78, 5) is 13.0. The molecule has 0 bridgehead atoms. The molecule has 1 atom stereocenters. The first kappa shape index (κ1) is 18.9. The van der Waals surface area contributed by atoms with Crippen LogP contribution in [0.15, 0.2) is 33.6 Å². The van der Waals surface area contributed by atoms with Gasteiger partial charge in [-0.05, 0) is 65.1 Å². The van der Waals surface area contributed by atoms with Gasteiger partial charge in [0, 0.05) is 15.9 Å². The van der Waals surface area contributed by atoms with E-state index in [1.165, 1.54) is 4.90 Å². The predicted molar refractivity (Wildman–Crippen MR) is 98.1 cm³/mol. The molecular formula is C15H23BrN2OS2. The molecule has 0 aromatic heterocycles. The van der Waals surface area contributed by atoms with Gasteiger partial charge >= 0.3 is 0 Å². The van der Waals surface area contributed by atoms with Gasteiger partial charge in [0.25, 0.3) is 0 Å². The third-order valence-corrected chi connectivity index (χ3v) is 5.69. The van der Waals surface area contributed by atoms with Gasteiger partial charge in [-0.3, -0.25) is 4.79 Å². The van der Waals surface area contributed by atoms with E-state index in [1.54, 1.807) is 11.8 Å². The van der Waals surface area contributed by atoms with Gasteiger partial charge in [-0.15, -0.1) is 11.8 Å². The van der Waals surface area contributed by atoms with Crippen LogP contribution < -0.4 is 11.1 Å². The molecular weight excluding hydrogens is 368 g/mol. The zero-order valence-corrected chi connectivity index (χ0v) is 15.5. The molecule has 21 heavy (non-hydrogen) atoms. The van der Waals surface area contributed by atoms with Crippen LogP contribution in [-0.2, 0) is 4.79 Å². The molecule has 3 nitrogen and oxygen atoms in total. The van der Waals surface area contributed by atoms with Crippen LogP contribution in [0.1, 0.15) is 19.3 Å². The standard InChI is InChI=1S/C15H23BrN2OS2/c1-20-11-8-13(17)15(19)18-9-4-5-10-21-14-7-3-2-6-12(14)16/h2-3,6-7,13H,4-5,8-11,17H2,1H3,(H,18,19)/t13-/m0/s1. The minimum atomic E-state index is -0.368. The van der Waals surface area contributed by atoms with Crippen LogP contribution in [0, 0.1) is 0 Å². The van der Waals surface area contributed by atoms with E-state index in [1.807, 2.05) is 30.2 Å². The van der Waals surface area contributed by atoms with Crippen LogP contribution in [-0.4, -0.2) is 36.3 Å². The molecule has 6 heteroatoms. The number of nitrogens with one attached hydrogen (secondary N) is 1. The lowest BCUT2D eigenvalue weighted by Gasteiger charge is -2.11. The van der Waals surface area contributed by atoms with Crippen LogP contribution in [0.3, 0.4) is 0 Å². The van der Waals surface area contributed by atoms with Crippen LogP contribution in [0.2, 0.25) is 0 Å². The average molecular weight is 391 g/mol. The highest BCUT2D eigenvalue weighted by molar-refractivity contribution is 9.10. The highest BCUT2D eigenvalue weighted by atomic mass is 79.9. The minimum Gasteiger partial charge on any atom is -0.355 e. The minimum absolute atomic E-state index is 0.0255. The normalized spacial score (nSPS) is 12.1. The summed E-state index contributed by atoms with van der Waals surface area (Å²) in [5.41, 5.74) is 5.80. The molecule has 0 saturated heterocycles. The predicted octanol–water partition coefficient (Wildman–Crippen LogP) is 3.52. The quantitative estimate of drug-likeness (QED) is 0.473. The number of rotatable bonds is 10. The Morgan fingerprint density at radius 2 is 2.10 bits per heavy atom. The van der Waals surface area contributed by atoms with Crippen molar-refractivity contribution in [3.05, 3.63) is 28.7 Å². The van der Waals surface area contributed by atoms with Crippen molar-refractivity contribution < 1.29 is 4.79 Å². The van der Waals surface area contributed by atoms with Crippen molar-refractivity contribution >= 4 is 45.4 Å². The molecule has 0 aliphatic heterocycles. The molecule has 118 valence electrons. The third-order valence-electron chi connectivity index (χ3n) is 2.93. The van der Waals surface area contributed by atoms with E-state index in [0.717, 1.165) is 35.2 Å². The van der Waals surface area contributed by atoms with Crippen molar-refractivity contribution in [1.29, 1.82) is 0 Å². The van der Waals surface area contributed by atoms with Gasteiger partial charge < -0.3 is 11.1 Å². The van der Waals surface area contributed by atoms with Crippen molar-refractivity contribution in [3.8, 4) is 0 Å². The Hall–Kier alpha value is -0.170. The molecule has 1 rings (SSSR count). The fraction of sp³-hybridized carbons (Fsp3) is 0.533. The Morgan fingerprint density at radius 1 is 1.33 bits per heavy atom. The van der Waals surface area contributed by atoms with Crippen molar-refractivity contribution in [2.45, 2.75) is 30.2 Å². The molecule has 0 heterocycles. The Labute approximate surface area is 144 Å². The van der Waals surface area contributed by atoms with E-state index in [2.05, 4.69) is 33.4 Å². The lowest BCUT2D eigenvalue weighted by Crippen LogP contribution is -2.41. The SMILES string of the molecule is CSCC[C@H](N)C(=O)NCCCCSc1ccccc1Br. The lowest BCUT2D eigenvalue weighted by molar-refractivity contribution is -0.122. The zero-order chi connectivity index (χ0) is 15.5. The second-order valence-corrected chi connectivity index (χ2v) is 7.64. The maximum Gasteiger partial charge on any atom is 0.236 e. The number of nitrogens with two attached hydrogens (primary N) is 1. The first-order valence-corrected chi connectivity index (χ1v) is 10.2. The molecule has 0 unspecified atom stereocenters. The fourth-order valence-electron chi connectivity index (χ4n) is 1.69. The monoisotopic (exact) mass is 390 g/mol. The van der Waals surface area contributed by atoms with Crippen LogP contribution >= 0.6 is 39.5 Å². The number of hydrogen-bond donors (Lipinski definition) is 2. The molecule has 1 aromatic rings. The molecule has 0 radical (unpaired) electrons. The van der Waals surface area contributed by atoms with Crippen molar-refractivity contribution in [1.82, 2.24) is 5.32 Å². The molecule has 1 aromatic carbocycles. The summed E-state index contributed by atoms with van der Waals surface area (Å²) in [7, 11) is 0. The maximum atomic E-state index is 11.7. The lowest BCUT2D eigenvalue weighted by atomic mass is 10.2. The number of amides is 1. The summed E-state index contributed by atoms with van der Waals surface area (Å²) in [5, 5.41) is 2.91. The average Bonchev–Trinajstić information content (AvgIpc) is 2.49. The number of thioether (sulfide) groups is 2. The molecule has 0 aliphatic rings. The summed E-state index contributed by atoms with van der Waals surface area (Å²) in [6.07, 6.45) is 4.82. The van der Waals surface area contributed by atoms with Gasteiger partial charge in [-0.1, -0.05) is 12.1 Å². The van der Waals surface area contributed by atoms with E-state index in [9.17, 15) is 4.79 Å². The van der Waals surface area contributed by atoms with Crippen molar-refractivity contribution in [2.75, 3.05) is 24.3 Å². The first-order chi connectivity index (χ1) is 10.1. The van der Waals surface area contributed by atoms with Gasteiger partial charge in [-0.25, -0.2) is 0 Å². The molecule has 0 saturated carbocycles. The summed E-state index contributed by atoms with van der Waals surface area (Å²) in [6.45, 7) is 0.711. The van der Waals surface area contributed by atoms with E-state index in [-0.39, 0.29) is 11.9 Å². The summed E-state index contributed by atoms with van der Waals surface area (Å²) in [6, 6.07) is 7.86. The maximum absolute atomic E-state index is 11.7. The number of benzene rings is 1. The van der Waals surface area contributed by atoms with E-state index in [0.29, 0.717) is 6.54 Å². The summed E-state index contributed by atoms with van der Waals surface area (Å²) >= 11 is 7.09. The molecule has 0 spiro atoms. The summed E-state index contributed by atoms with van der Waals surface area (Å²) in [5.74, 6) is 1.95. The number of unbranched alkanes of at least 4 members (excludes halogenated alkanes) is 1. The Bertz CT molecular complexity index is 432. The number of halogens is 1. The Morgan fingerprint density at radius 3 is 2.81 bits per heavy atom. The van der Waals surface area contributed by atoms with Gasteiger partial charge in [0.1, 0.15) is 0 Å². The topological polar surface area (TPSA) is 55.1 Å². The Kier molecular flexibility index (Phi) is 10.3. The molecule has 3 N–H and O–H groups in total. The largest absolute Gasteiger partial charge is 0.355 e. The second kappa shape index (κ2) is 11.4. The van der Waals surface area contributed by atoms with Gasteiger partial charge in [0.05, 0.1) is 6.04 Å². The second-order valence-electron chi connectivity index (χ2n) is 4.66. The van der Waals surface area contributed by atoms with Crippen molar-refractivity contribution in [3.63, 3.8) is 0 Å². The number of hydrogen-bond acceptors (Lipinski definition) is 4. The van der Waals surface area contributed by atoms with E-state index >= 15 is 0 Å². The smallest absolute Gasteiger partial charge is 0.236 e. The molecule has 0 aliphatic carbocycles. The number of carbonyl (C=O) groups is 1. The molecule has 1 amide bonds. The van der Waals surface area contributed by atoms with E-state index in [4.69, 9.17) is 5.73 Å². The van der Waals surface area contributed by atoms with E-state index < -0.39 is 0 Å². The summed E-state index contributed by atoms with van der Waals surface area (Å²) < 4.78 is 1.14. The highest BCUT2D eigenvalue weighted by Crippen LogP contribution is 2.27. The highest BCUT2D eigenvalue weighted by Gasteiger charge is 2.11. The zero-order valence-electron chi connectivity index (χ0n) is 12.3. The number of carbonyl (C=O) groups excluding carboxylic acids is 1. The van der Waals surface area contributed by atoms with Gasteiger partial charge in [0.15, 0.2) is 0 Å². The van der Waals surface area contributed by atoms with Crippen molar-refractivity contribution in [2.24, 2.45) is 5.73 Å².